The van der Waals surface area contributed by atoms with Gasteiger partial charge in [0.15, 0.2) is 0 Å². The number of amides is 3. The second-order valence-corrected chi connectivity index (χ2v) is 11.9. The minimum absolute atomic E-state index is 0.265. The van der Waals surface area contributed by atoms with Crippen LogP contribution in [0.15, 0.2) is 28.9 Å². The molecule has 0 bridgehead atoms. The van der Waals surface area contributed by atoms with Gasteiger partial charge in [-0.15, -0.1) is 0 Å². The van der Waals surface area contributed by atoms with Crippen LogP contribution in [0.2, 0.25) is 0 Å². The van der Waals surface area contributed by atoms with Crippen molar-refractivity contribution in [3.63, 3.8) is 0 Å². The quantitative estimate of drug-likeness (QED) is 0.574. The lowest BCUT2D eigenvalue weighted by Gasteiger charge is -2.38. The van der Waals surface area contributed by atoms with Gasteiger partial charge in [-0.3, -0.25) is 9.78 Å². The Morgan fingerprint density at radius 2 is 1.64 bits per heavy atom. The fourth-order valence-corrected chi connectivity index (χ4v) is 7.15. The first-order valence-electron chi connectivity index (χ1n) is 13.4. The first kappa shape index (κ1) is 25.2. The van der Waals surface area contributed by atoms with E-state index in [-0.39, 0.29) is 17.9 Å². The summed E-state index contributed by atoms with van der Waals surface area (Å²) in [5.74, 6) is 1.36. The molecule has 3 heterocycles. The number of carbonyl (C=O) groups excluding carboxylic acids is 2. The Balaban J connectivity index is 1.31. The number of pyridine rings is 1. The molecule has 192 valence electrons. The number of benzene rings is 1. The molecule has 36 heavy (non-hydrogen) atoms. The number of fused-ring (bicyclic) bond motifs is 2. The van der Waals surface area contributed by atoms with Gasteiger partial charge >= 0.3 is 6.03 Å². The van der Waals surface area contributed by atoms with Crippen LogP contribution < -0.4 is 5.73 Å². The van der Waals surface area contributed by atoms with Gasteiger partial charge in [-0.25, -0.2) is 4.79 Å². The molecule has 1 aliphatic carbocycles. The summed E-state index contributed by atoms with van der Waals surface area (Å²) >= 11 is 3.64. The Hall–Kier alpha value is -2.41. The Labute approximate surface area is 222 Å². The zero-order valence-corrected chi connectivity index (χ0v) is 23.0. The lowest BCUT2D eigenvalue weighted by molar-refractivity contribution is -0.134. The molecule has 0 radical (unpaired) electrons. The highest BCUT2D eigenvalue weighted by Crippen LogP contribution is 2.44. The van der Waals surface area contributed by atoms with Crippen LogP contribution in [0, 0.1) is 25.7 Å². The van der Waals surface area contributed by atoms with E-state index in [0.717, 1.165) is 56.1 Å². The molecule has 1 atom stereocenters. The highest BCUT2D eigenvalue weighted by molar-refractivity contribution is 9.10. The van der Waals surface area contributed by atoms with Crippen LogP contribution in [-0.2, 0) is 17.6 Å². The van der Waals surface area contributed by atoms with Gasteiger partial charge in [0.1, 0.15) is 0 Å². The van der Waals surface area contributed by atoms with E-state index >= 15 is 0 Å². The number of rotatable bonds is 3. The van der Waals surface area contributed by atoms with E-state index in [1.165, 1.54) is 33.5 Å². The molecule has 2 N–H and O–H groups in total. The fraction of sp³-hybridized carbons (Fsp3) is 0.552. The lowest BCUT2D eigenvalue weighted by atomic mass is 9.74. The van der Waals surface area contributed by atoms with Crippen LogP contribution in [0.3, 0.4) is 0 Å². The van der Waals surface area contributed by atoms with Crippen molar-refractivity contribution in [2.45, 2.75) is 64.7 Å². The molecular weight excluding hydrogens is 516 g/mol. The topological polar surface area (TPSA) is 79.5 Å². The van der Waals surface area contributed by atoms with Crippen molar-refractivity contribution >= 4 is 27.9 Å². The zero-order chi connectivity index (χ0) is 25.4. The van der Waals surface area contributed by atoms with Crippen LogP contribution >= 0.6 is 15.9 Å². The van der Waals surface area contributed by atoms with E-state index in [4.69, 9.17) is 10.7 Å². The number of carbonyl (C=O) groups is 2. The maximum Gasteiger partial charge on any atom is 0.314 e. The number of hydrogen-bond acceptors (Lipinski definition) is 3. The highest BCUT2D eigenvalue weighted by atomic mass is 79.9. The predicted molar refractivity (Wildman–Crippen MR) is 145 cm³/mol. The zero-order valence-electron chi connectivity index (χ0n) is 21.4. The number of likely N-dealkylation sites (tertiary alicyclic amines) is 2. The minimum atomic E-state index is -0.351. The maximum absolute atomic E-state index is 13.1. The second kappa shape index (κ2) is 10.5. The third kappa shape index (κ3) is 5.17. The first-order chi connectivity index (χ1) is 17.3. The van der Waals surface area contributed by atoms with Crippen molar-refractivity contribution < 1.29 is 9.59 Å². The standard InChI is InChI=1S/C29H37BrN4O2/c1-18-13-19(2)26-22(14-18)3-4-23-16-24(30)17-32-28(23)27(26)21-7-11-33(12-8-21)25(35)15-20-5-9-34(10-6-20)29(31)36/h13-14,16-17,20-21,27H,3-12,15H2,1-2H3,(H2,31,36). The van der Waals surface area contributed by atoms with Crippen molar-refractivity contribution in [2.24, 2.45) is 17.6 Å². The molecule has 2 saturated heterocycles. The summed E-state index contributed by atoms with van der Waals surface area (Å²) in [5.41, 5.74) is 13.6. The molecule has 2 aliphatic heterocycles. The summed E-state index contributed by atoms with van der Waals surface area (Å²) in [6, 6.07) is 6.60. The van der Waals surface area contributed by atoms with Gasteiger partial charge in [0.05, 0.1) is 5.69 Å². The normalized spacial score (nSPS) is 21.0. The SMILES string of the molecule is Cc1cc(C)c2c(c1)CCc1cc(Br)cnc1C2C1CCN(C(=O)CC2CCN(C(N)=O)CC2)CC1. The molecule has 1 aromatic carbocycles. The van der Waals surface area contributed by atoms with Gasteiger partial charge in [0, 0.05) is 49.2 Å². The monoisotopic (exact) mass is 552 g/mol. The number of aryl methyl sites for hydroxylation is 4. The number of primary amides is 1. The van der Waals surface area contributed by atoms with Gasteiger partial charge < -0.3 is 15.5 Å². The number of hydrogen-bond donors (Lipinski definition) is 1. The van der Waals surface area contributed by atoms with Crippen molar-refractivity contribution in [3.8, 4) is 0 Å². The number of nitrogens with zero attached hydrogens (tertiary/aromatic N) is 3. The average Bonchev–Trinajstić information content (AvgIpc) is 3.01. The number of piperidine rings is 2. The molecule has 7 heteroatoms. The van der Waals surface area contributed by atoms with E-state index in [2.05, 4.69) is 52.9 Å². The molecule has 5 rings (SSSR count). The van der Waals surface area contributed by atoms with Crippen molar-refractivity contribution in [1.29, 1.82) is 0 Å². The number of nitrogens with two attached hydrogens (primary N) is 1. The Morgan fingerprint density at radius 1 is 0.972 bits per heavy atom. The van der Waals surface area contributed by atoms with Crippen LogP contribution in [0.25, 0.3) is 0 Å². The van der Waals surface area contributed by atoms with Gasteiger partial charge in [-0.1, -0.05) is 17.7 Å². The second-order valence-electron chi connectivity index (χ2n) is 11.0. The summed E-state index contributed by atoms with van der Waals surface area (Å²) in [7, 11) is 0. The van der Waals surface area contributed by atoms with Gasteiger partial charge in [-0.2, -0.15) is 0 Å². The molecular formula is C29H37BrN4O2. The molecule has 3 aliphatic rings. The predicted octanol–water partition coefficient (Wildman–Crippen LogP) is 5.11. The summed E-state index contributed by atoms with van der Waals surface area (Å²) < 4.78 is 1.04. The number of urea groups is 1. The van der Waals surface area contributed by atoms with Gasteiger partial charge in [0.2, 0.25) is 5.91 Å². The molecule has 3 amide bonds. The Morgan fingerprint density at radius 3 is 2.33 bits per heavy atom. The van der Waals surface area contributed by atoms with E-state index in [0.29, 0.717) is 31.3 Å². The summed E-state index contributed by atoms with van der Waals surface area (Å²) in [6.45, 7) is 7.40. The largest absolute Gasteiger partial charge is 0.351 e. The third-order valence-corrected chi connectivity index (χ3v) is 9.04. The summed E-state index contributed by atoms with van der Waals surface area (Å²) in [6.07, 6.45) is 8.32. The highest BCUT2D eigenvalue weighted by Gasteiger charge is 2.36. The smallest absolute Gasteiger partial charge is 0.314 e. The van der Waals surface area contributed by atoms with E-state index < -0.39 is 0 Å². The molecule has 2 fully saturated rings. The Bertz CT molecular complexity index is 1150. The average molecular weight is 554 g/mol. The lowest BCUT2D eigenvalue weighted by Crippen LogP contribution is -2.44. The van der Waals surface area contributed by atoms with Crippen LogP contribution in [0.1, 0.15) is 71.5 Å². The maximum atomic E-state index is 13.1. The van der Waals surface area contributed by atoms with E-state index in [9.17, 15) is 9.59 Å². The molecule has 0 spiro atoms. The first-order valence-corrected chi connectivity index (χ1v) is 14.2. The van der Waals surface area contributed by atoms with Crippen LogP contribution in [0.5, 0.6) is 0 Å². The minimum Gasteiger partial charge on any atom is -0.351 e. The Kier molecular flexibility index (Phi) is 7.38. The number of halogens is 1. The van der Waals surface area contributed by atoms with Crippen LogP contribution in [-0.4, -0.2) is 52.9 Å². The van der Waals surface area contributed by atoms with Gasteiger partial charge in [-0.05, 0) is 108 Å². The van der Waals surface area contributed by atoms with Crippen molar-refractivity contribution in [1.82, 2.24) is 14.8 Å². The third-order valence-electron chi connectivity index (χ3n) is 8.61. The molecule has 1 aromatic heterocycles. The number of aromatic nitrogens is 1. The summed E-state index contributed by atoms with van der Waals surface area (Å²) in [4.78, 5) is 33.3. The molecule has 0 saturated carbocycles. The van der Waals surface area contributed by atoms with Crippen molar-refractivity contribution in [2.75, 3.05) is 26.2 Å². The summed E-state index contributed by atoms with van der Waals surface area (Å²) in [5, 5.41) is 0. The fourth-order valence-electron chi connectivity index (χ4n) is 6.77. The van der Waals surface area contributed by atoms with Crippen molar-refractivity contribution in [3.05, 3.63) is 62.4 Å². The van der Waals surface area contributed by atoms with Crippen LogP contribution in [0.4, 0.5) is 4.79 Å². The molecule has 2 aromatic rings. The van der Waals surface area contributed by atoms with E-state index in [1.54, 1.807) is 4.90 Å². The van der Waals surface area contributed by atoms with E-state index in [1.807, 2.05) is 6.20 Å². The van der Waals surface area contributed by atoms with Gasteiger partial charge in [0.25, 0.3) is 0 Å². The molecule has 1 unspecified atom stereocenters. The molecule has 6 nitrogen and oxygen atoms in total.